The summed E-state index contributed by atoms with van der Waals surface area (Å²) in [4.78, 5) is 12.0. The third kappa shape index (κ3) is 3.87. The molecular formula is C12H14BrIO. The first kappa shape index (κ1) is 13.2. The van der Waals surface area contributed by atoms with Crippen LogP contribution < -0.4 is 0 Å². The third-order valence-corrected chi connectivity index (χ3v) is 3.89. The predicted octanol–water partition coefficient (Wildman–Crippen LogP) is 4.67. The molecule has 0 aromatic heterocycles. The molecule has 0 aliphatic carbocycles. The number of carbonyl (C=O) groups excluding carboxylic acids is 1. The molecule has 0 saturated heterocycles. The Morgan fingerprint density at radius 2 is 2.20 bits per heavy atom. The first-order chi connectivity index (χ1) is 7.04. The average molecular weight is 381 g/mol. The van der Waals surface area contributed by atoms with Crippen molar-refractivity contribution in [1.82, 2.24) is 0 Å². The molecule has 1 rings (SSSR count). The summed E-state index contributed by atoms with van der Waals surface area (Å²) < 4.78 is 2.00. The van der Waals surface area contributed by atoms with Crippen molar-refractivity contribution in [3.8, 4) is 0 Å². The lowest BCUT2D eigenvalue weighted by atomic mass is 9.98. The second-order valence-corrected chi connectivity index (χ2v) is 5.84. The van der Waals surface area contributed by atoms with E-state index in [9.17, 15) is 4.79 Å². The number of carbonyl (C=O) groups is 1. The van der Waals surface area contributed by atoms with E-state index in [4.69, 9.17) is 0 Å². The second-order valence-electron chi connectivity index (χ2n) is 3.76. The van der Waals surface area contributed by atoms with Gasteiger partial charge in [0, 0.05) is 20.0 Å². The summed E-state index contributed by atoms with van der Waals surface area (Å²) in [6.07, 6.45) is 1.69. The van der Waals surface area contributed by atoms with E-state index in [0.717, 1.165) is 20.0 Å². The van der Waals surface area contributed by atoms with Crippen molar-refractivity contribution in [3.05, 3.63) is 31.8 Å². The lowest BCUT2D eigenvalue weighted by Crippen LogP contribution is -2.07. The van der Waals surface area contributed by atoms with Crippen LogP contribution in [0.4, 0.5) is 0 Å². The Labute approximate surface area is 113 Å². The first-order valence-electron chi connectivity index (χ1n) is 5.02. The maximum absolute atomic E-state index is 12.0. The van der Waals surface area contributed by atoms with Crippen LogP contribution in [-0.2, 0) is 0 Å². The van der Waals surface area contributed by atoms with E-state index in [1.807, 2.05) is 18.2 Å². The van der Waals surface area contributed by atoms with E-state index in [0.29, 0.717) is 12.3 Å². The minimum absolute atomic E-state index is 0.245. The molecule has 0 radical (unpaired) electrons. The SMILES string of the molecule is CCC(C)CC(=O)c1cc(Br)ccc1I. The van der Waals surface area contributed by atoms with Crippen LogP contribution >= 0.6 is 38.5 Å². The lowest BCUT2D eigenvalue weighted by Gasteiger charge is -2.08. The Kier molecular flexibility index (Phi) is 5.26. The Morgan fingerprint density at radius 1 is 1.53 bits per heavy atom. The lowest BCUT2D eigenvalue weighted by molar-refractivity contribution is 0.0963. The van der Waals surface area contributed by atoms with Crippen LogP contribution in [0.5, 0.6) is 0 Å². The molecule has 0 aliphatic rings. The van der Waals surface area contributed by atoms with Gasteiger partial charge in [-0.15, -0.1) is 0 Å². The standard InChI is InChI=1S/C12H14BrIO/c1-3-8(2)6-12(15)10-7-9(13)4-5-11(10)14/h4-5,7-8H,3,6H2,1-2H3. The van der Waals surface area contributed by atoms with E-state index in [1.165, 1.54) is 0 Å². The molecule has 1 nitrogen and oxygen atoms in total. The van der Waals surface area contributed by atoms with Crippen molar-refractivity contribution < 1.29 is 4.79 Å². The Bertz CT molecular complexity index is 363. The molecule has 1 unspecified atom stereocenters. The van der Waals surface area contributed by atoms with Gasteiger partial charge in [0.25, 0.3) is 0 Å². The third-order valence-electron chi connectivity index (χ3n) is 2.46. The van der Waals surface area contributed by atoms with E-state index in [1.54, 1.807) is 0 Å². The van der Waals surface area contributed by atoms with Crippen LogP contribution in [-0.4, -0.2) is 5.78 Å². The fourth-order valence-electron chi connectivity index (χ4n) is 1.28. The van der Waals surface area contributed by atoms with Gasteiger partial charge in [-0.1, -0.05) is 36.2 Å². The summed E-state index contributed by atoms with van der Waals surface area (Å²) >= 11 is 5.60. The quantitative estimate of drug-likeness (QED) is 0.547. The molecule has 0 spiro atoms. The van der Waals surface area contributed by atoms with Gasteiger partial charge in [0.05, 0.1) is 0 Å². The van der Waals surface area contributed by atoms with Crippen molar-refractivity contribution in [3.63, 3.8) is 0 Å². The molecule has 1 atom stereocenters. The van der Waals surface area contributed by atoms with E-state index in [2.05, 4.69) is 52.4 Å². The molecule has 0 heterocycles. The van der Waals surface area contributed by atoms with Crippen molar-refractivity contribution >= 4 is 44.3 Å². The smallest absolute Gasteiger partial charge is 0.164 e. The molecular weight excluding hydrogens is 367 g/mol. The minimum atomic E-state index is 0.245. The van der Waals surface area contributed by atoms with Crippen LogP contribution in [0, 0.1) is 9.49 Å². The van der Waals surface area contributed by atoms with Gasteiger partial charge in [0.1, 0.15) is 0 Å². The van der Waals surface area contributed by atoms with Crippen molar-refractivity contribution in [1.29, 1.82) is 0 Å². The number of Topliss-reactive ketones (excluding diaryl/α,β-unsaturated/α-hetero) is 1. The van der Waals surface area contributed by atoms with Crippen LogP contribution in [0.25, 0.3) is 0 Å². The Balaban J connectivity index is 2.86. The zero-order valence-electron chi connectivity index (χ0n) is 8.89. The largest absolute Gasteiger partial charge is 0.294 e. The summed E-state index contributed by atoms with van der Waals surface area (Å²) in [6.45, 7) is 4.23. The predicted molar refractivity (Wildman–Crippen MR) is 75.3 cm³/mol. The van der Waals surface area contributed by atoms with Crippen molar-refractivity contribution in [2.75, 3.05) is 0 Å². The summed E-state index contributed by atoms with van der Waals surface area (Å²) in [5.41, 5.74) is 0.838. The van der Waals surface area contributed by atoms with Crippen LogP contribution in [0.3, 0.4) is 0 Å². The minimum Gasteiger partial charge on any atom is -0.294 e. The maximum atomic E-state index is 12.0. The van der Waals surface area contributed by atoms with Crippen LogP contribution in [0.2, 0.25) is 0 Å². The molecule has 0 saturated carbocycles. The fraction of sp³-hybridized carbons (Fsp3) is 0.417. The van der Waals surface area contributed by atoms with Gasteiger partial charge in [-0.05, 0) is 46.7 Å². The van der Waals surface area contributed by atoms with E-state index >= 15 is 0 Å². The van der Waals surface area contributed by atoms with E-state index in [-0.39, 0.29) is 5.78 Å². The highest BCUT2D eigenvalue weighted by Crippen LogP contribution is 2.21. The first-order valence-corrected chi connectivity index (χ1v) is 6.90. The van der Waals surface area contributed by atoms with Crippen LogP contribution in [0.15, 0.2) is 22.7 Å². The Morgan fingerprint density at radius 3 is 2.80 bits per heavy atom. The number of hydrogen-bond acceptors (Lipinski definition) is 1. The van der Waals surface area contributed by atoms with Crippen molar-refractivity contribution in [2.45, 2.75) is 26.7 Å². The van der Waals surface area contributed by atoms with Gasteiger partial charge in [0.2, 0.25) is 0 Å². The highest BCUT2D eigenvalue weighted by atomic mass is 127. The summed E-state index contributed by atoms with van der Waals surface area (Å²) in [5, 5.41) is 0. The normalized spacial score (nSPS) is 12.5. The van der Waals surface area contributed by atoms with Gasteiger partial charge < -0.3 is 0 Å². The van der Waals surface area contributed by atoms with Gasteiger partial charge >= 0.3 is 0 Å². The molecule has 15 heavy (non-hydrogen) atoms. The summed E-state index contributed by atoms with van der Waals surface area (Å²) in [6, 6.07) is 5.84. The fourth-order valence-corrected chi connectivity index (χ4v) is 2.28. The monoisotopic (exact) mass is 380 g/mol. The molecule has 1 aromatic rings. The second kappa shape index (κ2) is 5.99. The molecule has 0 bridgehead atoms. The summed E-state index contributed by atoms with van der Waals surface area (Å²) in [7, 11) is 0. The number of rotatable bonds is 4. The molecule has 0 fully saturated rings. The van der Waals surface area contributed by atoms with Gasteiger partial charge in [-0.2, -0.15) is 0 Å². The average Bonchev–Trinajstić information content (AvgIpc) is 2.21. The number of halogens is 2. The highest BCUT2D eigenvalue weighted by Gasteiger charge is 2.13. The molecule has 1 aromatic carbocycles. The summed E-state index contributed by atoms with van der Waals surface area (Å²) in [5.74, 6) is 0.710. The zero-order valence-corrected chi connectivity index (χ0v) is 12.6. The van der Waals surface area contributed by atoms with Crippen molar-refractivity contribution in [2.24, 2.45) is 5.92 Å². The zero-order chi connectivity index (χ0) is 11.4. The van der Waals surface area contributed by atoms with Crippen LogP contribution in [0.1, 0.15) is 37.0 Å². The van der Waals surface area contributed by atoms with E-state index < -0.39 is 0 Å². The molecule has 0 aliphatic heterocycles. The van der Waals surface area contributed by atoms with Gasteiger partial charge in [0.15, 0.2) is 5.78 Å². The van der Waals surface area contributed by atoms with Gasteiger partial charge in [-0.25, -0.2) is 0 Å². The topological polar surface area (TPSA) is 17.1 Å². The molecule has 3 heteroatoms. The number of ketones is 1. The molecule has 0 N–H and O–H groups in total. The molecule has 0 amide bonds. The Hall–Kier alpha value is 0.1000. The maximum Gasteiger partial charge on any atom is 0.164 e. The van der Waals surface area contributed by atoms with Gasteiger partial charge in [-0.3, -0.25) is 4.79 Å². The number of hydrogen-bond donors (Lipinski definition) is 0. The molecule has 82 valence electrons. The highest BCUT2D eigenvalue weighted by molar-refractivity contribution is 14.1. The number of benzene rings is 1.